The summed E-state index contributed by atoms with van der Waals surface area (Å²) in [5, 5.41) is 3.89. The highest BCUT2D eigenvalue weighted by atomic mass is 32.2. The maximum atomic E-state index is 13.1. The summed E-state index contributed by atoms with van der Waals surface area (Å²) in [7, 11) is -3.13. The van der Waals surface area contributed by atoms with Crippen LogP contribution in [0.25, 0.3) is 0 Å². The van der Waals surface area contributed by atoms with Crippen molar-refractivity contribution in [1.82, 2.24) is 14.7 Å². The van der Waals surface area contributed by atoms with Gasteiger partial charge in [0.2, 0.25) is 5.91 Å². The predicted molar refractivity (Wildman–Crippen MR) is 93.9 cm³/mol. The highest BCUT2D eigenvalue weighted by Gasteiger charge is 2.41. The molecule has 0 bridgehead atoms. The molecule has 1 amide bonds. The Morgan fingerprint density at radius 3 is 2.80 bits per heavy atom. The van der Waals surface area contributed by atoms with Gasteiger partial charge in [-0.3, -0.25) is 9.48 Å². The average molecular weight is 369 g/mol. The highest BCUT2D eigenvalue weighted by Crippen LogP contribution is 2.37. The fourth-order valence-electron chi connectivity index (χ4n) is 3.84. The molecule has 2 fully saturated rings. The second-order valence-electron chi connectivity index (χ2n) is 7.36. The summed E-state index contributed by atoms with van der Waals surface area (Å²) < 4.78 is 31.5. The normalized spacial score (nSPS) is 27.8. The zero-order valence-electron chi connectivity index (χ0n) is 15.1. The van der Waals surface area contributed by atoms with Crippen LogP contribution < -0.4 is 0 Å². The molecule has 0 spiro atoms. The van der Waals surface area contributed by atoms with Crippen molar-refractivity contribution in [2.24, 2.45) is 5.92 Å². The fraction of sp³-hybridized carbons (Fsp3) is 0.765. The van der Waals surface area contributed by atoms with Gasteiger partial charge in [-0.2, -0.15) is 5.10 Å². The van der Waals surface area contributed by atoms with Crippen molar-refractivity contribution in [3.05, 3.63) is 18.0 Å². The number of sulfone groups is 1. The number of likely N-dealkylation sites (tertiary alicyclic amines) is 1. The maximum Gasteiger partial charge on any atom is 0.228 e. The summed E-state index contributed by atoms with van der Waals surface area (Å²) in [6, 6.07) is 2.10. The second kappa shape index (κ2) is 7.07. The van der Waals surface area contributed by atoms with Crippen molar-refractivity contribution in [1.29, 1.82) is 0 Å². The minimum Gasteiger partial charge on any atom is -0.371 e. The van der Waals surface area contributed by atoms with Crippen LogP contribution in [0.2, 0.25) is 0 Å². The fourth-order valence-corrected chi connectivity index (χ4v) is 4.88. The number of amides is 1. The standard InChI is InChI=1S/C17H27N3O4S/c1-12(2)20-15(6-8-18-20)16-14(7-10-24-16)17(21)19-9-4-5-13(11-19)25(3,22)23/h6,8,12-14,16H,4-5,7,9-11H2,1-3H3/t13?,14-,16-/m0/s1. The smallest absolute Gasteiger partial charge is 0.228 e. The van der Waals surface area contributed by atoms with Gasteiger partial charge in [-0.05, 0) is 39.2 Å². The monoisotopic (exact) mass is 369 g/mol. The molecule has 25 heavy (non-hydrogen) atoms. The first-order valence-electron chi connectivity index (χ1n) is 8.91. The molecular formula is C17H27N3O4S. The summed E-state index contributed by atoms with van der Waals surface area (Å²) in [6.45, 7) is 5.54. The predicted octanol–water partition coefficient (Wildman–Crippen LogP) is 1.58. The van der Waals surface area contributed by atoms with Gasteiger partial charge in [0.05, 0.1) is 16.9 Å². The Hall–Kier alpha value is -1.41. The highest BCUT2D eigenvalue weighted by molar-refractivity contribution is 7.91. The molecule has 2 aliphatic rings. The number of rotatable bonds is 4. The van der Waals surface area contributed by atoms with E-state index in [-0.39, 0.29) is 24.0 Å². The Morgan fingerprint density at radius 2 is 2.12 bits per heavy atom. The summed E-state index contributed by atoms with van der Waals surface area (Å²) in [5.41, 5.74) is 0.919. The Morgan fingerprint density at radius 1 is 1.36 bits per heavy atom. The summed E-state index contributed by atoms with van der Waals surface area (Å²) >= 11 is 0. The van der Waals surface area contributed by atoms with Crippen LogP contribution in [0, 0.1) is 5.92 Å². The molecule has 2 saturated heterocycles. The van der Waals surface area contributed by atoms with Gasteiger partial charge in [-0.15, -0.1) is 0 Å². The summed E-state index contributed by atoms with van der Waals surface area (Å²) in [6.07, 6.45) is 4.70. The van der Waals surface area contributed by atoms with E-state index in [2.05, 4.69) is 5.10 Å². The Bertz CT molecular complexity index is 728. The van der Waals surface area contributed by atoms with E-state index < -0.39 is 15.1 Å². The van der Waals surface area contributed by atoms with Crippen molar-refractivity contribution in [3.63, 3.8) is 0 Å². The van der Waals surface area contributed by atoms with E-state index in [0.717, 1.165) is 12.1 Å². The molecule has 3 atom stereocenters. The van der Waals surface area contributed by atoms with Crippen LogP contribution in [0.15, 0.2) is 12.3 Å². The molecule has 1 unspecified atom stereocenters. The number of nitrogens with zero attached hydrogens (tertiary/aromatic N) is 3. The lowest BCUT2D eigenvalue weighted by atomic mass is 9.96. The van der Waals surface area contributed by atoms with E-state index in [9.17, 15) is 13.2 Å². The lowest BCUT2D eigenvalue weighted by molar-refractivity contribution is -0.138. The number of ether oxygens (including phenoxy) is 1. The van der Waals surface area contributed by atoms with Crippen molar-refractivity contribution in [2.75, 3.05) is 26.0 Å². The molecule has 140 valence electrons. The van der Waals surface area contributed by atoms with Crippen molar-refractivity contribution in [3.8, 4) is 0 Å². The van der Waals surface area contributed by atoms with Crippen molar-refractivity contribution < 1.29 is 17.9 Å². The topological polar surface area (TPSA) is 81.5 Å². The third-order valence-corrected chi connectivity index (χ3v) is 6.78. The van der Waals surface area contributed by atoms with E-state index in [1.807, 2.05) is 24.6 Å². The molecular weight excluding hydrogens is 342 g/mol. The van der Waals surface area contributed by atoms with E-state index in [0.29, 0.717) is 32.5 Å². The second-order valence-corrected chi connectivity index (χ2v) is 9.68. The van der Waals surface area contributed by atoms with Crippen LogP contribution >= 0.6 is 0 Å². The zero-order valence-corrected chi connectivity index (χ0v) is 15.9. The van der Waals surface area contributed by atoms with E-state index >= 15 is 0 Å². The zero-order chi connectivity index (χ0) is 18.2. The summed E-state index contributed by atoms with van der Waals surface area (Å²) in [4.78, 5) is 14.8. The number of carbonyl (C=O) groups is 1. The molecule has 2 aliphatic heterocycles. The van der Waals surface area contributed by atoms with Crippen molar-refractivity contribution in [2.45, 2.75) is 50.5 Å². The molecule has 0 radical (unpaired) electrons. The summed E-state index contributed by atoms with van der Waals surface area (Å²) in [5.74, 6) is -0.264. The molecule has 0 saturated carbocycles. The third kappa shape index (κ3) is 3.74. The Kier molecular flexibility index (Phi) is 5.20. The van der Waals surface area contributed by atoms with Gasteiger partial charge in [0, 0.05) is 38.2 Å². The number of hydrogen-bond donors (Lipinski definition) is 0. The SMILES string of the molecule is CC(C)n1nccc1[C@H]1OCC[C@@H]1C(=O)N1CCCC(S(C)(=O)=O)C1. The van der Waals surface area contributed by atoms with E-state index in [4.69, 9.17) is 4.74 Å². The van der Waals surface area contributed by atoms with E-state index in [1.54, 1.807) is 11.1 Å². The number of aromatic nitrogens is 2. The quantitative estimate of drug-likeness (QED) is 0.805. The average Bonchev–Trinajstić information content (AvgIpc) is 3.22. The van der Waals surface area contributed by atoms with Gasteiger partial charge >= 0.3 is 0 Å². The van der Waals surface area contributed by atoms with Crippen LogP contribution in [-0.4, -0.2) is 60.2 Å². The Balaban J connectivity index is 1.78. The van der Waals surface area contributed by atoms with Crippen LogP contribution in [0.3, 0.4) is 0 Å². The van der Waals surface area contributed by atoms with Gasteiger partial charge in [0.1, 0.15) is 6.10 Å². The number of piperidine rings is 1. The largest absolute Gasteiger partial charge is 0.371 e. The first-order chi connectivity index (χ1) is 11.8. The van der Waals surface area contributed by atoms with Gasteiger partial charge in [0.15, 0.2) is 9.84 Å². The molecule has 0 N–H and O–H groups in total. The van der Waals surface area contributed by atoms with E-state index in [1.165, 1.54) is 6.26 Å². The van der Waals surface area contributed by atoms with Gasteiger partial charge in [-0.25, -0.2) is 8.42 Å². The van der Waals surface area contributed by atoms with Crippen LogP contribution in [0.1, 0.15) is 50.9 Å². The van der Waals surface area contributed by atoms with Crippen LogP contribution in [0.5, 0.6) is 0 Å². The van der Waals surface area contributed by atoms with Gasteiger partial charge in [0.25, 0.3) is 0 Å². The first-order valence-corrected chi connectivity index (χ1v) is 10.9. The molecule has 1 aromatic heterocycles. The van der Waals surface area contributed by atoms with Crippen molar-refractivity contribution >= 4 is 15.7 Å². The molecule has 7 nitrogen and oxygen atoms in total. The molecule has 3 heterocycles. The minimum absolute atomic E-state index is 0.00681. The number of hydrogen-bond acceptors (Lipinski definition) is 5. The van der Waals surface area contributed by atoms with Gasteiger partial charge < -0.3 is 9.64 Å². The molecule has 0 aromatic carbocycles. The lowest BCUT2D eigenvalue weighted by Gasteiger charge is -2.34. The van der Waals surface area contributed by atoms with Crippen LogP contribution in [-0.2, 0) is 19.4 Å². The number of carbonyl (C=O) groups excluding carboxylic acids is 1. The molecule has 1 aromatic rings. The third-order valence-electron chi connectivity index (χ3n) is 5.19. The van der Waals surface area contributed by atoms with Gasteiger partial charge in [-0.1, -0.05) is 0 Å². The molecule has 8 heteroatoms. The molecule has 3 rings (SSSR count). The van der Waals surface area contributed by atoms with Crippen LogP contribution in [0.4, 0.5) is 0 Å². The lowest BCUT2D eigenvalue weighted by Crippen LogP contribution is -2.47. The minimum atomic E-state index is -3.13. The molecule has 0 aliphatic carbocycles. The maximum absolute atomic E-state index is 13.1. The first kappa shape index (κ1) is 18.4. The Labute approximate surface area is 149 Å².